The standard InChI is InChI=1S/C21H26ClNO2.C19H24ClNO4S.2C14H19NO4S2/c22-17-6-4-5-16(15-17)9-12-20(24)13-14-21(25)23(19-10-11-19)18-7-2-1-3-8-18;1-2-21(17-10-12-26(24,25)13-11-17)19(23)9-8-18(22)7-6-15-4-3-5-16(20)14-15;2*1-15(12-5-8-21(18,19)9-6-12)14(17)3-2-13(16)11-4-7-20-10-11/h4-6,9,12,15,18-19H,1-3,7-8,10-11,13-14H2;3-7,14,17H,2,8-13H2,1H3;2*4,7,10,12H,2-3,5-6,8-9H2,1H3/b12-9+;7-6+;;. The van der Waals surface area contributed by atoms with Gasteiger partial charge in [0.1, 0.15) is 29.5 Å². The van der Waals surface area contributed by atoms with Crippen molar-refractivity contribution in [3.63, 3.8) is 0 Å². The van der Waals surface area contributed by atoms with E-state index in [2.05, 4.69) is 4.90 Å². The van der Waals surface area contributed by atoms with Crippen LogP contribution in [0.25, 0.3) is 12.2 Å². The van der Waals surface area contributed by atoms with Gasteiger partial charge in [0.15, 0.2) is 23.1 Å². The maximum absolute atomic E-state index is 12.7. The van der Waals surface area contributed by atoms with Gasteiger partial charge in [0.2, 0.25) is 23.6 Å². The van der Waals surface area contributed by atoms with Crippen LogP contribution in [-0.2, 0) is 58.3 Å². The molecule has 3 saturated heterocycles. The van der Waals surface area contributed by atoms with Crippen LogP contribution in [0.1, 0.15) is 174 Å². The van der Waals surface area contributed by atoms with Gasteiger partial charge in [-0.15, -0.1) is 0 Å². The molecule has 0 bridgehead atoms. The summed E-state index contributed by atoms with van der Waals surface area (Å²) in [6.45, 7) is 2.40. The highest BCUT2D eigenvalue weighted by Crippen LogP contribution is 2.35. The molecule has 508 valence electrons. The van der Waals surface area contributed by atoms with Crippen molar-refractivity contribution in [2.45, 2.75) is 172 Å². The molecule has 9 rings (SSSR count). The summed E-state index contributed by atoms with van der Waals surface area (Å²) < 4.78 is 68.6. The lowest BCUT2D eigenvalue weighted by Crippen LogP contribution is -2.44. The molecule has 2 saturated carbocycles. The fourth-order valence-electron chi connectivity index (χ4n) is 11.6. The van der Waals surface area contributed by atoms with Gasteiger partial charge in [-0.2, -0.15) is 22.7 Å². The van der Waals surface area contributed by atoms with Crippen molar-refractivity contribution >= 4 is 134 Å². The Kier molecular flexibility index (Phi) is 30.8. The van der Waals surface area contributed by atoms with Crippen molar-refractivity contribution < 1.29 is 63.6 Å². The van der Waals surface area contributed by atoms with Crippen LogP contribution in [0.5, 0.6) is 0 Å². The molecule has 0 atom stereocenters. The van der Waals surface area contributed by atoms with Gasteiger partial charge in [0.25, 0.3) is 0 Å². The molecule has 5 heterocycles. The van der Waals surface area contributed by atoms with Crippen LogP contribution >= 0.6 is 45.9 Å². The average molecular weight is 1420 g/mol. The molecule has 25 heteroatoms. The molecule has 2 aromatic heterocycles. The Hall–Kier alpha value is -5.69. The molecule has 0 unspecified atom stereocenters. The summed E-state index contributed by atoms with van der Waals surface area (Å²) in [5.74, 6) is 0.525. The molecular formula is C68H88Cl2N4O14S5. The Morgan fingerprint density at radius 3 is 1.19 bits per heavy atom. The van der Waals surface area contributed by atoms with E-state index in [1.165, 1.54) is 48.0 Å². The molecule has 93 heavy (non-hydrogen) atoms. The minimum atomic E-state index is -2.96. The lowest BCUT2D eigenvalue weighted by atomic mass is 9.93. The van der Waals surface area contributed by atoms with E-state index in [9.17, 15) is 63.6 Å². The van der Waals surface area contributed by atoms with Crippen LogP contribution in [0.2, 0.25) is 10.0 Å². The minimum Gasteiger partial charge on any atom is -0.343 e. The molecule has 5 aliphatic rings. The molecule has 4 amide bonds. The van der Waals surface area contributed by atoms with Gasteiger partial charge in [-0.05, 0) is 142 Å². The van der Waals surface area contributed by atoms with E-state index < -0.39 is 29.5 Å². The van der Waals surface area contributed by atoms with E-state index >= 15 is 0 Å². The Bertz CT molecular complexity index is 3430. The number of sulfone groups is 3. The van der Waals surface area contributed by atoms with Gasteiger partial charge < -0.3 is 19.6 Å². The van der Waals surface area contributed by atoms with Gasteiger partial charge in [0, 0.05) is 134 Å². The first kappa shape index (κ1) is 76.3. The van der Waals surface area contributed by atoms with E-state index in [4.69, 9.17) is 23.2 Å². The van der Waals surface area contributed by atoms with Crippen LogP contribution in [0.3, 0.4) is 0 Å². The van der Waals surface area contributed by atoms with E-state index in [1.807, 2.05) is 41.9 Å². The quantitative estimate of drug-likeness (QED) is 0.0467. The molecule has 2 aliphatic carbocycles. The number of ketones is 4. The number of nitrogens with zero attached hydrogens (tertiary/aromatic N) is 4. The third-order valence-corrected chi connectivity index (χ3v) is 24.3. The monoisotopic (exact) mass is 1410 g/mol. The number of hydrogen-bond donors (Lipinski definition) is 0. The Balaban J connectivity index is 0.000000198. The third kappa shape index (κ3) is 26.8. The lowest BCUT2D eigenvalue weighted by molar-refractivity contribution is -0.136. The predicted molar refractivity (Wildman–Crippen MR) is 370 cm³/mol. The Labute approximate surface area is 567 Å². The normalized spacial score (nSPS) is 18.1. The number of hydrogen-bond acceptors (Lipinski definition) is 16. The second-order valence-corrected chi connectivity index (χ2v) is 33.6. The van der Waals surface area contributed by atoms with Gasteiger partial charge in [0.05, 0.1) is 34.5 Å². The predicted octanol–water partition coefficient (Wildman–Crippen LogP) is 11.6. The number of carbonyl (C=O) groups excluding carboxylic acids is 8. The van der Waals surface area contributed by atoms with Crippen molar-refractivity contribution in [2.24, 2.45) is 0 Å². The highest BCUT2D eigenvalue weighted by molar-refractivity contribution is 7.91. The number of benzene rings is 2. The number of carbonyl (C=O) groups is 8. The summed E-state index contributed by atoms with van der Waals surface area (Å²) in [4.78, 5) is 104. The van der Waals surface area contributed by atoms with E-state index in [-0.39, 0.29) is 144 Å². The number of halogens is 2. The fourth-order valence-corrected chi connectivity index (χ4v) is 17.7. The molecule has 0 spiro atoms. The maximum Gasteiger partial charge on any atom is 0.223 e. The number of thiophene rings is 2. The van der Waals surface area contributed by atoms with E-state index in [1.54, 1.807) is 94.2 Å². The average Bonchev–Trinajstić information content (AvgIpc) is 1.76. The van der Waals surface area contributed by atoms with Crippen molar-refractivity contribution in [1.29, 1.82) is 0 Å². The molecule has 0 N–H and O–H groups in total. The lowest BCUT2D eigenvalue weighted by Gasteiger charge is -2.34. The number of rotatable bonds is 24. The summed E-state index contributed by atoms with van der Waals surface area (Å²) >= 11 is 14.8. The van der Waals surface area contributed by atoms with Crippen molar-refractivity contribution in [2.75, 3.05) is 55.2 Å². The summed E-state index contributed by atoms with van der Waals surface area (Å²) in [6, 6.07) is 18.8. The van der Waals surface area contributed by atoms with Gasteiger partial charge >= 0.3 is 0 Å². The van der Waals surface area contributed by atoms with Crippen molar-refractivity contribution in [1.82, 2.24) is 19.6 Å². The SMILES string of the molecule is CCN(C(=O)CCC(=O)/C=C/c1cccc(Cl)c1)C1CCS(=O)(=O)CC1.CN(C(=O)CCC(=O)c1ccsc1)C1CCS(=O)(=O)CC1.CN(C(=O)CCC(=O)c1ccsc1)C1CCS(=O)(=O)CC1.O=C(/C=C/c1cccc(Cl)c1)CCC(=O)N(C1CCCCC1)C1CC1. The van der Waals surface area contributed by atoms with Crippen molar-refractivity contribution in [3.05, 3.63) is 127 Å². The van der Waals surface area contributed by atoms with Gasteiger partial charge in [-0.25, -0.2) is 25.3 Å². The number of allylic oxidation sites excluding steroid dienone is 2. The van der Waals surface area contributed by atoms with Gasteiger partial charge in [-0.1, -0.05) is 78.9 Å². The molecule has 18 nitrogen and oxygen atoms in total. The Morgan fingerprint density at radius 1 is 0.452 bits per heavy atom. The smallest absolute Gasteiger partial charge is 0.223 e. The van der Waals surface area contributed by atoms with Crippen molar-refractivity contribution in [3.8, 4) is 0 Å². The highest BCUT2D eigenvalue weighted by atomic mass is 35.5. The second kappa shape index (κ2) is 37.6. The molecule has 0 radical (unpaired) electrons. The minimum absolute atomic E-state index is 0.00674. The number of amides is 4. The van der Waals surface area contributed by atoms with E-state index in [0.717, 1.165) is 36.8 Å². The number of Topliss-reactive ketones (excluding diaryl/α,β-unsaturated/α-hetero) is 2. The van der Waals surface area contributed by atoms with E-state index in [0.29, 0.717) is 84.7 Å². The largest absolute Gasteiger partial charge is 0.343 e. The second-order valence-electron chi connectivity index (χ2n) is 24.2. The van der Waals surface area contributed by atoms with Crippen LogP contribution < -0.4 is 0 Å². The topological polar surface area (TPSA) is 252 Å². The summed E-state index contributed by atoms with van der Waals surface area (Å²) in [7, 11) is -5.41. The molecule has 2 aromatic carbocycles. The molecule has 5 fully saturated rings. The zero-order valence-electron chi connectivity index (χ0n) is 53.4. The first-order valence-corrected chi connectivity index (χ1v) is 40.1. The first-order chi connectivity index (χ1) is 44.2. The molecule has 3 aliphatic heterocycles. The molecule has 4 aromatic rings. The Morgan fingerprint density at radius 2 is 0.828 bits per heavy atom. The van der Waals surface area contributed by atoms with Crippen LogP contribution in [0.15, 0.2) is 94.3 Å². The highest BCUT2D eigenvalue weighted by Gasteiger charge is 2.38. The van der Waals surface area contributed by atoms with Gasteiger partial charge in [-0.3, -0.25) is 38.4 Å². The zero-order chi connectivity index (χ0) is 67.7. The summed E-state index contributed by atoms with van der Waals surface area (Å²) in [5.41, 5.74) is 3.03. The zero-order valence-corrected chi connectivity index (χ0v) is 59.0. The third-order valence-electron chi connectivity index (χ3n) is 17.4. The van der Waals surface area contributed by atoms with Crippen LogP contribution in [0, 0.1) is 0 Å². The summed E-state index contributed by atoms with van der Waals surface area (Å²) in [5, 5.41) is 8.48. The molecular weight excluding hydrogens is 1330 g/mol. The first-order valence-electron chi connectivity index (χ1n) is 32.0. The maximum atomic E-state index is 12.7. The summed E-state index contributed by atoms with van der Waals surface area (Å²) in [6.07, 6.45) is 19.3. The van der Waals surface area contributed by atoms with Crippen LogP contribution in [-0.4, -0.2) is 177 Å². The fraction of sp³-hybridized carbons (Fsp3) is 0.529. The van der Waals surface area contributed by atoms with Crippen LogP contribution in [0.4, 0.5) is 0 Å².